The highest BCUT2D eigenvalue weighted by atomic mass is 16.6. The van der Waals surface area contributed by atoms with Crippen molar-refractivity contribution in [3.8, 4) is 11.5 Å². The molecule has 2 N–H and O–H groups in total. The molecule has 32 heavy (non-hydrogen) atoms. The third kappa shape index (κ3) is 5.43. The van der Waals surface area contributed by atoms with Gasteiger partial charge < -0.3 is 29.5 Å². The Morgan fingerprint density at radius 2 is 1.75 bits per heavy atom. The Morgan fingerprint density at radius 3 is 2.38 bits per heavy atom. The number of amides is 1. The van der Waals surface area contributed by atoms with Gasteiger partial charge in [0.25, 0.3) is 0 Å². The highest BCUT2D eigenvalue weighted by Gasteiger charge is 2.27. The summed E-state index contributed by atoms with van der Waals surface area (Å²) in [5.41, 5.74) is 2.71. The smallest absolute Gasteiger partial charge is 0.410 e. The van der Waals surface area contributed by atoms with Crippen LogP contribution in [-0.2, 0) is 22.5 Å². The molecule has 2 aromatic rings. The average Bonchev–Trinajstić information content (AvgIpc) is 2.75. The van der Waals surface area contributed by atoms with E-state index in [1.54, 1.807) is 23.1 Å². The molecular weight excluding hydrogens is 412 g/mol. The van der Waals surface area contributed by atoms with E-state index in [4.69, 9.17) is 14.2 Å². The van der Waals surface area contributed by atoms with Gasteiger partial charge in [-0.05, 0) is 68.1 Å². The molecule has 0 saturated carbocycles. The molecule has 1 heterocycles. The Bertz CT molecular complexity index is 998. The summed E-state index contributed by atoms with van der Waals surface area (Å²) in [6.07, 6.45) is 0.364. The first-order valence-corrected chi connectivity index (χ1v) is 10.4. The lowest BCUT2D eigenvalue weighted by molar-refractivity contribution is -0.138. The molecule has 3 rings (SSSR count). The SMILES string of the molecule is COc1ccc(C(Nc2ccc3c(c2)CN(C(=O)OC(C)(C)C)CC3)C(=O)O)cc1OC. The van der Waals surface area contributed by atoms with E-state index >= 15 is 0 Å². The molecule has 1 unspecified atom stereocenters. The predicted octanol–water partition coefficient (Wildman–Crippen LogP) is 4.23. The second kappa shape index (κ2) is 9.38. The number of aliphatic carboxylic acids is 1. The molecule has 0 bridgehead atoms. The monoisotopic (exact) mass is 442 g/mol. The normalized spacial score (nSPS) is 14.2. The second-order valence-electron chi connectivity index (χ2n) is 8.67. The summed E-state index contributed by atoms with van der Waals surface area (Å²) >= 11 is 0. The fourth-order valence-corrected chi connectivity index (χ4v) is 3.62. The van der Waals surface area contributed by atoms with Crippen molar-refractivity contribution < 1.29 is 28.9 Å². The minimum absolute atomic E-state index is 0.352. The second-order valence-corrected chi connectivity index (χ2v) is 8.67. The van der Waals surface area contributed by atoms with Crippen molar-refractivity contribution >= 4 is 17.7 Å². The lowest BCUT2D eigenvalue weighted by Crippen LogP contribution is -2.39. The first-order valence-electron chi connectivity index (χ1n) is 10.4. The average molecular weight is 443 g/mol. The number of anilines is 1. The van der Waals surface area contributed by atoms with Crippen LogP contribution in [0, 0.1) is 0 Å². The molecule has 172 valence electrons. The van der Waals surface area contributed by atoms with Crippen LogP contribution in [0.1, 0.15) is 43.5 Å². The van der Waals surface area contributed by atoms with E-state index in [-0.39, 0.29) is 6.09 Å². The lowest BCUT2D eigenvalue weighted by Gasteiger charge is -2.31. The largest absolute Gasteiger partial charge is 0.493 e. The number of carbonyl (C=O) groups is 2. The number of carboxylic acid groups (broad SMARTS) is 1. The zero-order chi connectivity index (χ0) is 23.5. The predicted molar refractivity (Wildman–Crippen MR) is 120 cm³/mol. The third-order valence-corrected chi connectivity index (χ3v) is 5.17. The van der Waals surface area contributed by atoms with Gasteiger partial charge in [0, 0.05) is 18.8 Å². The Labute approximate surface area is 188 Å². The first-order chi connectivity index (χ1) is 15.1. The van der Waals surface area contributed by atoms with Gasteiger partial charge in [0.05, 0.1) is 14.2 Å². The zero-order valence-electron chi connectivity index (χ0n) is 19.1. The van der Waals surface area contributed by atoms with E-state index in [1.807, 2.05) is 39.0 Å². The van der Waals surface area contributed by atoms with Gasteiger partial charge in [-0.25, -0.2) is 9.59 Å². The van der Waals surface area contributed by atoms with Gasteiger partial charge in [-0.15, -0.1) is 0 Å². The number of carbonyl (C=O) groups excluding carboxylic acids is 1. The molecular formula is C24H30N2O6. The van der Waals surface area contributed by atoms with Crippen molar-refractivity contribution in [1.29, 1.82) is 0 Å². The van der Waals surface area contributed by atoms with Gasteiger partial charge in [-0.1, -0.05) is 12.1 Å². The fraction of sp³-hybridized carbons (Fsp3) is 0.417. The lowest BCUT2D eigenvalue weighted by atomic mass is 9.98. The van der Waals surface area contributed by atoms with Crippen LogP contribution in [0.4, 0.5) is 10.5 Å². The zero-order valence-corrected chi connectivity index (χ0v) is 19.1. The Kier molecular flexibility index (Phi) is 6.81. The van der Waals surface area contributed by atoms with E-state index in [9.17, 15) is 14.7 Å². The molecule has 8 nitrogen and oxygen atoms in total. The van der Waals surface area contributed by atoms with Gasteiger partial charge in [-0.3, -0.25) is 0 Å². The van der Waals surface area contributed by atoms with Crippen molar-refractivity contribution in [2.45, 2.75) is 45.4 Å². The number of ether oxygens (including phenoxy) is 3. The molecule has 8 heteroatoms. The van der Waals surface area contributed by atoms with Gasteiger partial charge in [-0.2, -0.15) is 0 Å². The molecule has 0 aromatic heterocycles. The van der Waals surface area contributed by atoms with E-state index in [0.717, 1.165) is 11.1 Å². The van der Waals surface area contributed by atoms with Crippen LogP contribution in [0.2, 0.25) is 0 Å². The molecule has 2 aromatic carbocycles. The topological polar surface area (TPSA) is 97.3 Å². The van der Waals surface area contributed by atoms with Crippen molar-refractivity contribution in [3.63, 3.8) is 0 Å². The summed E-state index contributed by atoms with van der Waals surface area (Å²) in [5.74, 6) is -0.0433. The minimum atomic E-state index is -1.02. The molecule has 0 spiro atoms. The van der Waals surface area contributed by atoms with E-state index in [0.29, 0.717) is 42.3 Å². The van der Waals surface area contributed by atoms with E-state index in [1.165, 1.54) is 14.2 Å². The number of benzene rings is 2. The molecule has 0 aliphatic carbocycles. The van der Waals surface area contributed by atoms with Crippen LogP contribution in [0.15, 0.2) is 36.4 Å². The number of rotatable bonds is 6. The maximum atomic E-state index is 12.5. The number of carboxylic acids is 1. The molecule has 1 atom stereocenters. The number of nitrogens with zero attached hydrogens (tertiary/aromatic N) is 1. The maximum Gasteiger partial charge on any atom is 0.410 e. The van der Waals surface area contributed by atoms with Gasteiger partial charge in [0.1, 0.15) is 5.60 Å². The highest BCUT2D eigenvalue weighted by molar-refractivity contribution is 5.80. The van der Waals surface area contributed by atoms with Crippen LogP contribution in [-0.4, -0.2) is 48.4 Å². The molecule has 0 saturated heterocycles. The summed E-state index contributed by atoms with van der Waals surface area (Å²) in [7, 11) is 3.03. The van der Waals surface area contributed by atoms with Crippen molar-refractivity contribution in [3.05, 3.63) is 53.1 Å². The number of fused-ring (bicyclic) bond motifs is 1. The molecule has 1 aliphatic rings. The van der Waals surface area contributed by atoms with Crippen LogP contribution in [0.5, 0.6) is 11.5 Å². The number of hydrogen-bond donors (Lipinski definition) is 2. The maximum absolute atomic E-state index is 12.5. The highest BCUT2D eigenvalue weighted by Crippen LogP contribution is 2.32. The van der Waals surface area contributed by atoms with Gasteiger partial charge >= 0.3 is 12.1 Å². The number of methoxy groups -OCH3 is 2. The van der Waals surface area contributed by atoms with Gasteiger partial charge in [0.15, 0.2) is 17.5 Å². The van der Waals surface area contributed by atoms with E-state index in [2.05, 4.69) is 5.32 Å². The molecule has 0 fully saturated rings. The third-order valence-electron chi connectivity index (χ3n) is 5.17. The number of nitrogens with one attached hydrogen (secondary N) is 1. The Hall–Kier alpha value is -3.42. The van der Waals surface area contributed by atoms with Crippen LogP contribution < -0.4 is 14.8 Å². The standard InChI is InChI=1S/C24H30N2O6/c1-24(2,3)32-23(29)26-11-10-15-6-8-18(12-17(15)14-26)25-21(22(27)28)16-7-9-19(30-4)20(13-16)31-5/h6-9,12-13,21,25H,10-11,14H2,1-5H3,(H,27,28). The Morgan fingerprint density at radius 1 is 1.03 bits per heavy atom. The first kappa shape index (κ1) is 23.2. The van der Waals surface area contributed by atoms with Crippen LogP contribution in [0.25, 0.3) is 0 Å². The Balaban J connectivity index is 1.81. The van der Waals surface area contributed by atoms with E-state index < -0.39 is 17.6 Å². The number of hydrogen-bond acceptors (Lipinski definition) is 6. The summed E-state index contributed by atoms with van der Waals surface area (Å²) in [6, 6.07) is 9.75. The molecule has 1 amide bonds. The summed E-state index contributed by atoms with van der Waals surface area (Å²) in [5, 5.41) is 12.9. The summed E-state index contributed by atoms with van der Waals surface area (Å²) in [6.45, 7) is 6.51. The fourth-order valence-electron chi connectivity index (χ4n) is 3.62. The molecule has 1 aliphatic heterocycles. The van der Waals surface area contributed by atoms with Crippen molar-refractivity contribution in [2.75, 3.05) is 26.1 Å². The van der Waals surface area contributed by atoms with Crippen LogP contribution in [0.3, 0.4) is 0 Å². The minimum Gasteiger partial charge on any atom is -0.493 e. The van der Waals surface area contributed by atoms with Crippen molar-refractivity contribution in [2.24, 2.45) is 0 Å². The molecule has 0 radical (unpaired) electrons. The quantitative estimate of drug-likeness (QED) is 0.691. The van der Waals surface area contributed by atoms with Crippen molar-refractivity contribution in [1.82, 2.24) is 4.90 Å². The van der Waals surface area contributed by atoms with Crippen LogP contribution >= 0.6 is 0 Å². The van der Waals surface area contributed by atoms with Gasteiger partial charge in [0.2, 0.25) is 0 Å². The summed E-state index contributed by atoms with van der Waals surface area (Å²) in [4.78, 5) is 26.1. The summed E-state index contributed by atoms with van der Waals surface area (Å²) < 4.78 is 16.0.